The molecule has 0 saturated heterocycles. The van der Waals surface area contributed by atoms with E-state index in [9.17, 15) is 13.2 Å². The lowest BCUT2D eigenvalue weighted by Gasteiger charge is -2.22. The number of hydrogen-bond donors (Lipinski definition) is 1. The maximum atomic E-state index is 12.0. The van der Waals surface area contributed by atoms with Gasteiger partial charge in [0.1, 0.15) is 20.0 Å². The van der Waals surface area contributed by atoms with Crippen LogP contribution >= 0.6 is 12.4 Å². The van der Waals surface area contributed by atoms with Crippen LogP contribution in [0.1, 0.15) is 6.42 Å². The lowest BCUT2D eigenvalue weighted by atomic mass is 9.89. The fourth-order valence-electron chi connectivity index (χ4n) is 0.614. The highest BCUT2D eigenvalue weighted by Crippen LogP contribution is 2.23. The van der Waals surface area contributed by atoms with Crippen molar-refractivity contribution in [2.24, 2.45) is 11.1 Å². The van der Waals surface area contributed by atoms with E-state index in [1.165, 1.54) is 0 Å². The van der Waals surface area contributed by atoms with E-state index in [0.29, 0.717) is 0 Å². The minimum Gasteiger partial charge on any atom is -0.330 e. The van der Waals surface area contributed by atoms with E-state index in [-0.39, 0.29) is 25.4 Å². The molecule has 0 rings (SSSR count). The van der Waals surface area contributed by atoms with Crippen molar-refractivity contribution < 1.29 is 13.2 Å². The molecule has 0 aliphatic heterocycles. The van der Waals surface area contributed by atoms with Crippen molar-refractivity contribution >= 4 is 12.4 Å². The smallest absolute Gasteiger partial charge is 0.100 e. The molecule has 0 bridgehead atoms. The number of alkyl halides is 3. The third-order valence-electron chi connectivity index (χ3n) is 1.53. The van der Waals surface area contributed by atoms with E-state index >= 15 is 0 Å². The summed E-state index contributed by atoms with van der Waals surface area (Å²) in [5.41, 5.74) is 3.59. The Morgan fingerprint density at radius 1 is 1.00 bits per heavy atom. The highest BCUT2D eigenvalue weighted by Gasteiger charge is 2.29. The lowest BCUT2D eigenvalue weighted by Crippen LogP contribution is -2.31. The summed E-state index contributed by atoms with van der Waals surface area (Å²) in [7, 11) is 0. The first-order chi connectivity index (χ1) is 4.74. The van der Waals surface area contributed by atoms with Gasteiger partial charge in [0, 0.05) is 0 Å². The Labute approximate surface area is 70.6 Å². The molecule has 0 heterocycles. The van der Waals surface area contributed by atoms with E-state index in [1.807, 2.05) is 0 Å². The monoisotopic (exact) mass is 191 g/mol. The summed E-state index contributed by atoms with van der Waals surface area (Å²) in [6.07, 6.45) is 0.0660. The van der Waals surface area contributed by atoms with Crippen LogP contribution < -0.4 is 5.73 Å². The van der Waals surface area contributed by atoms with Crippen molar-refractivity contribution in [3.63, 3.8) is 0 Å². The number of nitrogens with two attached hydrogens (primary N) is 1. The van der Waals surface area contributed by atoms with Gasteiger partial charge in [-0.3, -0.25) is 13.2 Å². The average molecular weight is 192 g/mol. The van der Waals surface area contributed by atoms with E-state index in [0.717, 1.165) is 0 Å². The van der Waals surface area contributed by atoms with Crippen LogP contribution in [0.25, 0.3) is 0 Å². The summed E-state index contributed by atoms with van der Waals surface area (Å²) in [6.45, 7) is -2.80. The molecule has 11 heavy (non-hydrogen) atoms. The van der Waals surface area contributed by atoms with Gasteiger partial charge in [-0.2, -0.15) is 0 Å². The van der Waals surface area contributed by atoms with Crippen molar-refractivity contribution in [1.29, 1.82) is 0 Å². The molecular formula is C6H13ClF3N. The molecule has 0 aromatic carbocycles. The van der Waals surface area contributed by atoms with Gasteiger partial charge in [-0.15, -0.1) is 12.4 Å². The van der Waals surface area contributed by atoms with Crippen molar-refractivity contribution in [2.45, 2.75) is 6.42 Å². The van der Waals surface area contributed by atoms with Crippen LogP contribution in [0.2, 0.25) is 0 Å². The third-order valence-corrected chi connectivity index (χ3v) is 1.53. The molecule has 0 amide bonds. The summed E-state index contributed by atoms with van der Waals surface area (Å²) in [4.78, 5) is 0. The quantitative estimate of drug-likeness (QED) is 0.703. The fraction of sp³-hybridized carbons (Fsp3) is 1.00. The molecule has 70 valence electrons. The Bertz CT molecular complexity index is 79.6. The summed E-state index contributed by atoms with van der Waals surface area (Å²) >= 11 is 0. The Kier molecular flexibility index (Phi) is 8.33. The van der Waals surface area contributed by atoms with Gasteiger partial charge in [-0.05, 0) is 13.0 Å². The zero-order valence-electron chi connectivity index (χ0n) is 6.16. The highest BCUT2D eigenvalue weighted by molar-refractivity contribution is 5.85. The highest BCUT2D eigenvalue weighted by atomic mass is 35.5. The van der Waals surface area contributed by atoms with Gasteiger partial charge in [-0.1, -0.05) is 0 Å². The van der Waals surface area contributed by atoms with Gasteiger partial charge in [0.15, 0.2) is 0 Å². The van der Waals surface area contributed by atoms with Gasteiger partial charge in [-0.25, -0.2) is 0 Å². The second-order valence-electron chi connectivity index (χ2n) is 2.44. The molecule has 2 N–H and O–H groups in total. The van der Waals surface area contributed by atoms with Gasteiger partial charge < -0.3 is 5.73 Å². The average Bonchev–Trinajstić information content (AvgIpc) is 2.01. The van der Waals surface area contributed by atoms with Gasteiger partial charge in [0.25, 0.3) is 0 Å². The van der Waals surface area contributed by atoms with Crippen LogP contribution in [0.4, 0.5) is 13.2 Å². The van der Waals surface area contributed by atoms with Gasteiger partial charge in [0.05, 0.1) is 5.41 Å². The molecule has 0 radical (unpaired) electrons. The standard InChI is InChI=1S/C6H12F3N.ClH/c7-3-6(4-8,5-9)1-2-10;/h1-5,10H2;1H. The lowest BCUT2D eigenvalue weighted by molar-refractivity contribution is 0.105. The summed E-state index contributed by atoms with van der Waals surface area (Å²) < 4.78 is 35.9. The number of hydrogen-bond acceptors (Lipinski definition) is 1. The summed E-state index contributed by atoms with van der Waals surface area (Å²) in [5.74, 6) is 0. The number of halogens is 4. The van der Waals surface area contributed by atoms with Gasteiger partial charge >= 0.3 is 0 Å². The van der Waals surface area contributed by atoms with Crippen molar-refractivity contribution in [1.82, 2.24) is 0 Å². The predicted molar refractivity (Wildman–Crippen MR) is 41.3 cm³/mol. The molecule has 0 spiro atoms. The molecule has 0 fully saturated rings. The Morgan fingerprint density at radius 2 is 1.36 bits per heavy atom. The Hall–Kier alpha value is 0.0400. The topological polar surface area (TPSA) is 26.0 Å². The molecule has 0 atom stereocenters. The van der Waals surface area contributed by atoms with Crippen molar-refractivity contribution in [3.8, 4) is 0 Å². The van der Waals surface area contributed by atoms with E-state index < -0.39 is 25.4 Å². The molecule has 5 heteroatoms. The van der Waals surface area contributed by atoms with Crippen LogP contribution in [-0.2, 0) is 0 Å². The molecule has 0 aliphatic rings. The molecule has 0 unspecified atom stereocenters. The Balaban J connectivity index is 0. The van der Waals surface area contributed by atoms with Crippen LogP contribution in [0.5, 0.6) is 0 Å². The first kappa shape index (κ1) is 13.6. The summed E-state index contributed by atoms with van der Waals surface area (Å²) in [6, 6.07) is 0. The molecule has 0 aromatic rings. The zero-order chi connectivity index (χ0) is 8.04. The van der Waals surface area contributed by atoms with Gasteiger partial charge in [0.2, 0.25) is 0 Å². The van der Waals surface area contributed by atoms with E-state index in [1.54, 1.807) is 0 Å². The molecule has 0 saturated carbocycles. The Morgan fingerprint density at radius 3 is 1.45 bits per heavy atom. The van der Waals surface area contributed by atoms with Crippen LogP contribution in [-0.4, -0.2) is 26.6 Å². The second-order valence-corrected chi connectivity index (χ2v) is 2.44. The van der Waals surface area contributed by atoms with Crippen LogP contribution in [0.15, 0.2) is 0 Å². The molecule has 1 nitrogen and oxygen atoms in total. The number of rotatable bonds is 5. The zero-order valence-corrected chi connectivity index (χ0v) is 6.97. The minimum absolute atomic E-state index is 0. The van der Waals surface area contributed by atoms with Crippen molar-refractivity contribution in [2.75, 3.05) is 26.6 Å². The maximum Gasteiger partial charge on any atom is 0.100 e. The normalized spacial score (nSPS) is 10.9. The largest absolute Gasteiger partial charge is 0.330 e. The maximum absolute atomic E-state index is 12.0. The van der Waals surface area contributed by atoms with Crippen LogP contribution in [0.3, 0.4) is 0 Å². The van der Waals surface area contributed by atoms with Crippen LogP contribution in [0, 0.1) is 5.41 Å². The second kappa shape index (κ2) is 6.73. The summed E-state index contributed by atoms with van der Waals surface area (Å²) in [5, 5.41) is 0. The molecule has 0 aromatic heterocycles. The fourth-order valence-corrected chi connectivity index (χ4v) is 0.614. The minimum atomic E-state index is -1.45. The van der Waals surface area contributed by atoms with E-state index in [2.05, 4.69) is 0 Å². The third kappa shape index (κ3) is 3.82. The predicted octanol–water partition coefficient (Wildman–Crippen LogP) is 1.65. The van der Waals surface area contributed by atoms with E-state index in [4.69, 9.17) is 5.73 Å². The van der Waals surface area contributed by atoms with Crippen molar-refractivity contribution in [3.05, 3.63) is 0 Å². The molecule has 0 aliphatic carbocycles. The SMILES string of the molecule is Cl.NCCC(CF)(CF)CF. The molecular weight excluding hydrogens is 179 g/mol. The first-order valence-electron chi connectivity index (χ1n) is 3.12. The first-order valence-corrected chi connectivity index (χ1v) is 3.12.